The van der Waals surface area contributed by atoms with Crippen LogP contribution in [0.1, 0.15) is 29.3 Å². The van der Waals surface area contributed by atoms with Gasteiger partial charge in [-0.1, -0.05) is 18.6 Å². The number of phenols is 1. The first-order valence-electron chi connectivity index (χ1n) is 6.33. The van der Waals surface area contributed by atoms with Crippen molar-refractivity contribution in [3.05, 3.63) is 29.3 Å². The molecule has 98 valence electrons. The number of amides is 1. The molecule has 3 N–H and O–H groups in total. The van der Waals surface area contributed by atoms with Crippen LogP contribution in [0.25, 0.3) is 0 Å². The zero-order valence-electron chi connectivity index (χ0n) is 10.9. The summed E-state index contributed by atoms with van der Waals surface area (Å²) in [4.78, 5) is 14.1. The molecule has 1 aromatic rings. The van der Waals surface area contributed by atoms with Crippen LogP contribution in [0.4, 0.5) is 0 Å². The molecule has 2 rings (SSSR count). The van der Waals surface area contributed by atoms with Crippen LogP contribution in [-0.2, 0) is 0 Å². The molecule has 1 heterocycles. The number of aromatic hydroxyl groups is 1. The number of likely N-dealkylation sites (tertiary alicyclic amines) is 1. The predicted octanol–water partition coefficient (Wildman–Crippen LogP) is 1.51. The monoisotopic (exact) mass is 248 g/mol. The second-order valence-corrected chi connectivity index (χ2v) is 5.20. The van der Waals surface area contributed by atoms with Crippen LogP contribution in [0.5, 0.6) is 5.75 Å². The van der Waals surface area contributed by atoms with Crippen molar-refractivity contribution >= 4 is 5.91 Å². The normalized spacial score (nSPS) is 24.1. The van der Waals surface area contributed by atoms with Gasteiger partial charge < -0.3 is 15.7 Å². The van der Waals surface area contributed by atoms with Crippen molar-refractivity contribution in [3.8, 4) is 5.75 Å². The molecule has 0 saturated carbocycles. The Morgan fingerprint density at radius 2 is 2.22 bits per heavy atom. The lowest BCUT2D eigenvalue weighted by atomic mass is 9.94. The van der Waals surface area contributed by atoms with E-state index < -0.39 is 0 Å². The van der Waals surface area contributed by atoms with Crippen LogP contribution in [-0.4, -0.2) is 35.0 Å². The predicted molar refractivity (Wildman–Crippen MR) is 70.5 cm³/mol. The summed E-state index contributed by atoms with van der Waals surface area (Å²) < 4.78 is 0. The second-order valence-electron chi connectivity index (χ2n) is 5.20. The minimum absolute atomic E-state index is 0.0228. The maximum absolute atomic E-state index is 12.3. The molecule has 1 saturated heterocycles. The molecule has 2 unspecified atom stereocenters. The van der Waals surface area contributed by atoms with Gasteiger partial charge in [0.1, 0.15) is 5.75 Å². The van der Waals surface area contributed by atoms with Crippen molar-refractivity contribution in [1.29, 1.82) is 0 Å². The van der Waals surface area contributed by atoms with Gasteiger partial charge >= 0.3 is 0 Å². The maximum Gasteiger partial charge on any atom is 0.257 e. The topological polar surface area (TPSA) is 66.6 Å². The Kier molecular flexibility index (Phi) is 3.57. The highest BCUT2D eigenvalue weighted by molar-refractivity contribution is 5.97. The molecule has 0 radical (unpaired) electrons. The van der Waals surface area contributed by atoms with Crippen molar-refractivity contribution in [2.75, 3.05) is 13.1 Å². The minimum Gasteiger partial charge on any atom is -0.507 e. The SMILES string of the molecule is Cc1ccc(O)c(C(=O)N2CCC(C)C(N)C2)c1. The molecule has 18 heavy (non-hydrogen) atoms. The number of hydrogen-bond acceptors (Lipinski definition) is 3. The van der Waals surface area contributed by atoms with Gasteiger partial charge in [0.2, 0.25) is 0 Å². The molecule has 1 amide bonds. The summed E-state index contributed by atoms with van der Waals surface area (Å²) in [5.41, 5.74) is 7.33. The first-order chi connectivity index (χ1) is 8.49. The first kappa shape index (κ1) is 12.9. The van der Waals surface area contributed by atoms with Crippen LogP contribution in [0, 0.1) is 12.8 Å². The summed E-state index contributed by atoms with van der Waals surface area (Å²) in [6.45, 7) is 5.28. The van der Waals surface area contributed by atoms with Crippen molar-refractivity contribution < 1.29 is 9.90 Å². The molecule has 1 aromatic carbocycles. The summed E-state index contributed by atoms with van der Waals surface area (Å²) >= 11 is 0. The number of rotatable bonds is 1. The molecule has 1 aliphatic rings. The number of carbonyl (C=O) groups is 1. The average Bonchev–Trinajstić information content (AvgIpc) is 2.35. The fourth-order valence-corrected chi connectivity index (χ4v) is 2.28. The third-order valence-corrected chi connectivity index (χ3v) is 3.69. The third-order valence-electron chi connectivity index (χ3n) is 3.69. The van der Waals surface area contributed by atoms with Crippen LogP contribution in [0.3, 0.4) is 0 Å². The number of nitrogens with zero attached hydrogens (tertiary/aromatic N) is 1. The Morgan fingerprint density at radius 1 is 1.50 bits per heavy atom. The Balaban J connectivity index is 2.19. The van der Waals surface area contributed by atoms with E-state index in [9.17, 15) is 9.90 Å². The molecule has 1 fully saturated rings. The van der Waals surface area contributed by atoms with Crippen LogP contribution in [0.15, 0.2) is 18.2 Å². The number of piperidine rings is 1. The van der Waals surface area contributed by atoms with Crippen molar-refractivity contribution in [2.24, 2.45) is 11.7 Å². The highest BCUT2D eigenvalue weighted by atomic mass is 16.3. The van der Waals surface area contributed by atoms with E-state index in [1.165, 1.54) is 0 Å². The second kappa shape index (κ2) is 4.98. The summed E-state index contributed by atoms with van der Waals surface area (Å²) in [5.74, 6) is 0.358. The van der Waals surface area contributed by atoms with Gasteiger partial charge in [-0.15, -0.1) is 0 Å². The number of benzene rings is 1. The number of carbonyl (C=O) groups excluding carboxylic acids is 1. The van der Waals surface area contributed by atoms with E-state index in [-0.39, 0.29) is 17.7 Å². The molecule has 0 aliphatic carbocycles. The van der Waals surface area contributed by atoms with Crippen LogP contribution in [0.2, 0.25) is 0 Å². The zero-order chi connectivity index (χ0) is 13.3. The van der Waals surface area contributed by atoms with Gasteiger partial charge in [-0.05, 0) is 31.4 Å². The molecule has 0 aromatic heterocycles. The van der Waals surface area contributed by atoms with E-state index >= 15 is 0 Å². The molecule has 4 heteroatoms. The summed E-state index contributed by atoms with van der Waals surface area (Å²) in [6, 6.07) is 5.10. The Morgan fingerprint density at radius 3 is 2.89 bits per heavy atom. The van der Waals surface area contributed by atoms with Crippen molar-refractivity contribution in [1.82, 2.24) is 4.90 Å². The largest absolute Gasteiger partial charge is 0.507 e. The molecular formula is C14H20N2O2. The van der Waals surface area contributed by atoms with Gasteiger partial charge in [0.05, 0.1) is 5.56 Å². The lowest BCUT2D eigenvalue weighted by molar-refractivity contribution is 0.0669. The Hall–Kier alpha value is -1.55. The van der Waals surface area contributed by atoms with Crippen LogP contribution < -0.4 is 5.73 Å². The minimum atomic E-state index is -0.126. The van der Waals surface area contributed by atoms with Gasteiger partial charge in [0.25, 0.3) is 5.91 Å². The summed E-state index contributed by atoms with van der Waals surface area (Å²) in [5, 5.41) is 9.78. The van der Waals surface area contributed by atoms with E-state index in [2.05, 4.69) is 6.92 Å². The molecule has 0 bridgehead atoms. The molecular weight excluding hydrogens is 228 g/mol. The van der Waals surface area contributed by atoms with Crippen molar-refractivity contribution in [3.63, 3.8) is 0 Å². The first-order valence-corrected chi connectivity index (χ1v) is 6.33. The smallest absolute Gasteiger partial charge is 0.257 e. The maximum atomic E-state index is 12.3. The van der Waals surface area contributed by atoms with E-state index in [0.717, 1.165) is 12.0 Å². The number of aryl methyl sites for hydroxylation is 1. The highest BCUT2D eigenvalue weighted by Crippen LogP contribution is 2.23. The highest BCUT2D eigenvalue weighted by Gasteiger charge is 2.28. The van der Waals surface area contributed by atoms with Gasteiger partial charge in [-0.3, -0.25) is 4.79 Å². The van der Waals surface area contributed by atoms with Gasteiger partial charge in [0, 0.05) is 19.1 Å². The van der Waals surface area contributed by atoms with Gasteiger partial charge in [-0.25, -0.2) is 0 Å². The third kappa shape index (κ3) is 2.48. The fourth-order valence-electron chi connectivity index (χ4n) is 2.28. The Bertz CT molecular complexity index is 459. The molecule has 2 atom stereocenters. The quantitative estimate of drug-likeness (QED) is 0.791. The lowest BCUT2D eigenvalue weighted by Crippen LogP contribution is -2.49. The summed E-state index contributed by atoms with van der Waals surface area (Å²) in [6.07, 6.45) is 0.916. The molecule has 1 aliphatic heterocycles. The summed E-state index contributed by atoms with van der Waals surface area (Å²) in [7, 11) is 0. The van der Waals surface area contributed by atoms with E-state index in [1.54, 1.807) is 23.1 Å². The number of hydrogen-bond donors (Lipinski definition) is 2. The number of phenolic OH excluding ortho intramolecular Hbond substituents is 1. The van der Waals surface area contributed by atoms with E-state index in [1.807, 2.05) is 6.92 Å². The lowest BCUT2D eigenvalue weighted by Gasteiger charge is -2.35. The van der Waals surface area contributed by atoms with Crippen LogP contribution >= 0.6 is 0 Å². The average molecular weight is 248 g/mol. The molecule has 4 nitrogen and oxygen atoms in total. The Labute approximate surface area is 107 Å². The van der Waals surface area contributed by atoms with E-state index in [0.29, 0.717) is 24.6 Å². The van der Waals surface area contributed by atoms with Gasteiger partial charge in [0.15, 0.2) is 0 Å². The van der Waals surface area contributed by atoms with Gasteiger partial charge in [-0.2, -0.15) is 0 Å². The zero-order valence-corrected chi connectivity index (χ0v) is 10.9. The van der Waals surface area contributed by atoms with Crippen molar-refractivity contribution in [2.45, 2.75) is 26.3 Å². The fraction of sp³-hybridized carbons (Fsp3) is 0.500. The molecule has 0 spiro atoms. The van der Waals surface area contributed by atoms with E-state index in [4.69, 9.17) is 5.73 Å². The number of nitrogens with two attached hydrogens (primary N) is 1. The standard InChI is InChI=1S/C14H20N2O2/c1-9-3-4-13(17)11(7-9)14(18)16-6-5-10(2)12(15)8-16/h3-4,7,10,12,17H,5-6,8,15H2,1-2H3.